The fraction of sp³-hybridized carbons (Fsp3) is 0. The van der Waals surface area contributed by atoms with E-state index >= 15 is 0 Å². The van der Waals surface area contributed by atoms with E-state index in [0.29, 0.717) is 0 Å². The molecule has 1 aliphatic carbocycles. The van der Waals surface area contributed by atoms with Gasteiger partial charge in [-0.25, -0.2) is 0 Å². The third-order valence-corrected chi connectivity index (χ3v) is 2.48. The van der Waals surface area contributed by atoms with Crippen LogP contribution >= 0.6 is 0 Å². The Balaban J connectivity index is 2.42. The molecule has 0 spiro atoms. The van der Waals surface area contributed by atoms with Crippen molar-refractivity contribution in [3.8, 4) is 11.1 Å². The maximum atomic E-state index is 4.32. The third-order valence-electron chi connectivity index (χ3n) is 2.48. The van der Waals surface area contributed by atoms with Crippen LogP contribution < -0.4 is 0 Å². The first-order chi connectivity index (χ1) is 6.88. The molecule has 0 saturated heterocycles. The van der Waals surface area contributed by atoms with Crippen molar-refractivity contribution in [2.45, 2.75) is 0 Å². The summed E-state index contributed by atoms with van der Waals surface area (Å²) in [5, 5.41) is 0. The summed E-state index contributed by atoms with van der Waals surface area (Å²) in [6, 6.07) is 7.99. The van der Waals surface area contributed by atoms with Crippen LogP contribution in [0.1, 0.15) is 11.4 Å². The van der Waals surface area contributed by atoms with Crippen LogP contribution in [0.25, 0.3) is 16.7 Å². The van der Waals surface area contributed by atoms with Crippen LogP contribution in [-0.2, 0) is 0 Å². The molecule has 0 N–H and O–H groups in total. The van der Waals surface area contributed by atoms with Gasteiger partial charge in [0.15, 0.2) is 0 Å². The molecule has 66 valence electrons. The van der Waals surface area contributed by atoms with Crippen LogP contribution in [0.3, 0.4) is 0 Å². The van der Waals surface area contributed by atoms with Gasteiger partial charge in [-0.15, -0.1) is 0 Å². The SMILES string of the molecule is C=C1c2ncccc2-c2cccnc21. The molecular formula is C12H8N2. The lowest BCUT2D eigenvalue weighted by Crippen LogP contribution is -1.84. The van der Waals surface area contributed by atoms with E-state index in [9.17, 15) is 0 Å². The van der Waals surface area contributed by atoms with Gasteiger partial charge in [-0.1, -0.05) is 18.7 Å². The molecule has 2 nitrogen and oxygen atoms in total. The maximum absolute atomic E-state index is 4.32. The average Bonchev–Trinajstić information content (AvgIpc) is 2.55. The highest BCUT2D eigenvalue weighted by Gasteiger charge is 2.23. The molecule has 0 bridgehead atoms. The number of fused-ring (bicyclic) bond motifs is 3. The van der Waals surface area contributed by atoms with Crippen LogP contribution in [0.4, 0.5) is 0 Å². The van der Waals surface area contributed by atoms with Gasteiger partial charge < -0.3 is 0 Å². The Morgan fingerprint density at radius 1 is 0.857 bits per heavy atom. The Labute approximate surface area is 82.0 Å². The molecule has 0 saturated carbocycles. The summed E-state index contributed by atoms with van der Waals surface area (Å²) in [4.78, 5) is 8.63. The number of hydrogen-bond acceptors (Lipinski definition) is 2. The van der Waals surface area contributed by atoms with E-state index in [1.807, 2.05) is 12.1 Å². The molecule has 0 aliphatic heterocycles. The van der Waals surface area contributed by atoms with Gasteiger partial charge in [0.05, 0.1) is 11.4 Å². The molecule has 2 heterocycles. The van der Waals surface area contributed by atoms with Crippen LogP contribution in [0.2, 0.25) is 0 Å². The Morgan fingerprint density at radius 3 is 1.86 bits per heavy atom. The van der Waals surface area contributed by atoms with Crippen LogP contribution in [0.15, 0.2) is 43.2 Å². The smallest absolute Gasteiger partial charge is 0.0796 e. The number of nitrogens with zero attached hydrogens (tertiary/aromatic N) is 2. The van der Waals surface area contributed by atoms with Gasteiger partial charge in [0.25, 0.3) is 0 Å². The highest BCUT2D eigenvalue weighted by Crippen LogP contribution is 2.39. The molecule has 2 aromatic rings. The minimum Gasteiger partial charge on any atom is -0.256 e. The predicted octanol–water partition coefficient (Wildman–Crippen LogP) is 2.52. The molecule has 3 rings (SSSR count). The van der Waals surface area contributed by atoms with Crippen molar-refractivity contribution in [2.75, 3.05) is 0 Å². The van der Waals surface area contributed by atoms with E-state index in [1.54, 1.807) is 12.4 Å². The number of pyridine rings is 2. The van der Waals surface area contributed by atoms with E-state index in [0.717, 1.165) is 28.1 Å². The van der Waals surface area contributed by atoms with Gasteiger partial charge in [0, 0.05) is 29.1 Å². The molecule has 14 heavy (non-hydrogen) atoms. The third kappa shape index (κ3) is 0.799. The van der Waals surface area contributed by atoms with Gasteiger partial charge in [0.2, 0.25) is 0 Å². The summed E-state index contributed by atoms with van der Waals surface area (Å²) in [7, 11) is 0. The van der Waals surface area contributed by atoms with E-state index in [-0.39, 0.29) is 0 Å². The van der Waals surface area contributed by atoms with Gasteiger partial charge >= 0.3 is 0 Å². The topological polar surface area (TPSA) is 25.8 Å². The van der Waals surface area contributed by atoms with E-state index in [4.69, 9.17) is 0 Å². The zero-order chi connectivity index (χ0) is 9.54. The van der Waals surface area contributed by atoms with Crippen molar-refractivity contribution in [1.29, 1.82) is 0 Å². The van der Waals surface area contributed by atoms with E-state index < -0.39 is 0 Å². The first-order valence-electron chi connectivity index (χ1n) is 4.48. The second kappa shape index (κ2) is 2.51. The normalized spacial score (nSPS) is 12.4. The van der Waals surface area contributed by atoms with Crippen LogP contribution in [-0.4, -0.2) is 9.97 Å². The van der Waals surface area contributed by atoms with Crippen molar-refractivity contribution < 1.29 is 0 Å². The van der Waals surface area contributed by atoms with Crippen molar-refractivity contribution in [3.63, 3.8) is 0 Å². The fourth-order valence-corrected chi connectivity index (χ4v) is 1.84. The first kappa shape index (κ1) is 7.44. The monoisotopic (exact) mass is 180 g/mol. The minimum absolute atomic E-state index is 0.927. The second-order valence-corrected chi connectivity index (χ2v) is 3.28. The molecule has 2 heteroatoms. The standard InChI is InChI=1S/C12H8N2/c1-8-11-9(4-2-6-13-11)10-5-3-7-14-12(8)10/h2-7H,1H2. The maximum Gasteiger partial charge on any atom is 0.0796 e. The van der Waals surface area contributed by atoms with Crippen molar-refractivity contribution in [2.24, 2.45) is 0 Å². The lowest BCUT2D eigenvalue weighted by atomic mass is 10.1. The summed E-state index contributed by atoms with van der Waals surface area (Å²) >= 11 is 0. The summed E-state index contributed by atoms with van der Waals surface area (Å²) in [6.07, 6.45) is 3.58. The van der Waals surface area contributed by atoms with Gasteiger partial charge in [-0.05, 0) is 12.1 Å². The highest BCUT2D eigenvalue weighted by molar-refractivity contribution is 5.97. The average molecular weight is 180 g/mol. The molecule has 0 atom stereocenters. The van der Waals surface area contributed by atoms with Crippen LogP contribution in [0.5, 0.6) is 0 Å². The molecule has 0 fully saturated rings. The van der Waals surface area contributed by atoms with Crippen molar-refractivity contribution in [1.82, 2.24) is 9.97 Å². The summed E-state index contributed by atoms with van der Waals surface area (Å²) < 4.78 is 0. The Morgan fingerprint density at radius 2 is 1.36 bits per heavy atom. The van der Waals surface area contributed by atoms with Crippen molar-refractivity contribution >= 4 is 5.57 Å². The molecule has 0 radical (unpaired) electrons. The second-order valence-electron chi connectivity index (χ2n) is 3.28. The summed E-state index contributed by atoms with van der Waals surface area (Å²) in [6.45, 7) is 4.01. The fourth-order valence-electron chi connectivity index (χ4n) is 1.84. The largest absolute Gasteiger partial charge is 0.256 e. The number of aromatic nitrogens is 2. The zero-order valence-corrected chi connectivity index (χ0v) is 7.57. The molecular weight excluding hydrogens is 172 g/mol. The quantitative estimate of drug-likeness (QED) is 0.531. The summed E-state index contributed by atoms with van der Waals surface area (Å²) in [5.74, 6) is 0. The lowest BCUT2D eigenvalue weighted by molar-refractivity contribution is 1.28. The molecule has 1 aliphatic rings. The lowest BCUT2D eigenvalue weighted by Gasteiger charge is -1.95. The molecule has 0 unspecified atom stereocenters. The van der Waals surface area contributed by atoms with E-state index in [2.05, 4.69) is 28.7 Å². The predicted molar refractivity (Wildman–Crippen MR) is 55.6 cm³/mol. The first-order valence-corrected chi connectivity index (χ1v) is 4.48. The zero-order valence-electron chi connectivity index (χ0n) is 7.57. The molecule has 0 amide bonds. The van der Waals surface area contributed by atoms with Gasteiger partial charge in [0.1, 0.15) is 0 Å². The van der Waals surface area contributed by atoms with Gasteiger partial charge in [-0.3, -0.25) is 9.97 Å². The number of rotatable bonds is 0. The minimum atomic E-state index is 0.927. The highest BCUT2D eigenvalue weighted by atomic mass is 14.7. The summed E-state index contributed by atoms with van der Waals surface area (Å²) in [5.41, 5.74) is 5.12. The van der Waals surface area contributed by atoms with Gasteiger partial charge in [-0.2, -0.15) is 0 Å². The Bertz CT molecular complexity index is 482. The molecule has 0 aromatic carbocycles. The van der Waals surface area contributed by atoms with Crippen LogP contribution in [0, 0.1) is 0 Å². The molecule has 2 aromatic heterocycles. The van der Waals surface area contributed by atoms with Crippen molar-refractivity contribution in [3.05, 3.63) is 54.6 Å². The Hall–Kier alpha value is -1.96. The Kier molecular flexibility index (Phi) is 1.34. The number of hydrogen-bond donors (Lipinski definition) is 0. The van der Waals surface area contributed by atoms with E-state index in [1.165, 1.54) is 0 Å².